The van der Waals surface area contributed by atoms with E-state index in [0.717, 1.165) is 12.8 Å². The highest BCUT2D eigenvalue weighted by Crippen LogP contribution is 2.16. The fraction of sp³-hybridized carbons (Fsp3) is 0.458. The van der Waals surface area contributed by atoms with Crippen LogP contribution in [0, 0.1) is 0 Å². The van der Waals surface area contributed by atoms with Crippen LogP contribution in [-0.2, 0) is 11.2 Å². The molecule has 0 atom stereocenters. The number of esters is 1. The summed E-state index contributed by atoms with van der Waals surface area (Å²) in [4.78, 5) is 11.2. The molecule has 0 aromatic heterocycles. The highest BCUT2D eigenvalue weighted by molar-refractivity contribution is 5.83. The van der Waals surface area contributed by atoms with Gasteiger partial charge >= 0.3 is 5.97 Å². The molecule has 0 bridgehead atoms. The molecular formula is C24H34O2. The summed E-state index contributed by atoms with van der Waals surface area (Å²) in [6, 6.07) is 7.77. The maximum atomic E-state index is 11.2. The van der Waals surface area contributed by atoms with E-state index in [-0.39, 0.29) is 0 Å². The van der Waals surface area contributed by atoms with Gasteiger partial charge in [-0.05, 0) is 56.2 Å². The van der Waals surface area contributed by atoms with Crippen LogP contribution >= 0.6 is 0 Å². The van der Waals surface area contributed by atoms with Crippen molar-refractivity contribution in [3.8, 4) is 5.75 Å². The Bertz CT molecular complexity index is 569. The lowest BCUT2D eigenvalue weighted by Gasteiger charge is -2.05. The van der Waals surface area contributed by atoms with Crippen molar-refractivity contribution in [3.05, 3.63) is 66.8 Å². The minimum absolute atomic E-state index is 0.409. The van der Waals surface area contributed by atoms with E-state index >= 15 is 0 Å². The Balaban J connectivity index is 2.05. The van der Waals surface area contributed by atoms with Crippen LogP contribution in [0.5, 0.6) is 5.75 Å². The van der Waals surface area contributed by atoms with Gasteiger partial charge in [-0.25, -0.2) is 4.79 Å². The standard InChI is InChI=1S/C24H34O2/c1-3-5-6-7-8-9-10-11-12-13-14-15-16-18-22-19-17-20-23(21-22)26-24(25)4-2/h4,6-7,9-10,17,19-21H,2-3,5,8,11-16,18H2,1H3/b7-6+,10-9+. The lowest BCUT2D eigenvalue weighted by molar-refractivity contribution is -0.128. The number of carbonyl (C=O) groups is 1. The summed E-state index contributed by atoms with van der Waals surface area (Å²) in [7, 11) is 0. The Kier molecular flexibility index (Phi) is 12.8. The van der Waals surface area contributed by atoms with Gasteiger partial charge in [-0.1, -0.05) is 75.6 Å². The van der Waals surface area contributed by atoms with Gasteiger partial charge in [-0.3, -0.25) is 0 Å². The molecule has 0 amide bonds. The van der Waals surface area contributed by atoms with Gasteiger partial charge in [0.25, 0.3) is 0 Å². The number of rotatable bonds is 14. The molecule has 0 saturated heterocycles. The quantitative estimate of drug-likeness (QED) is 0.119. The third kappa shape index (κ3) is 11.5. The predicted octanol–water partition coefficient (Wildman–Crippen LogP) is 6.96. The fourth-order valence-corrected chi connectivity index (χ4v) is 2.72. The van der Waals surface area contributed by atoms with E-state index in [0.29, 0.717) is 5.75 Å². The Labute approximate surface area is 159 Å². The van der Waals surface area contributed by atoms with Crippen molar-refractivity contribution in [3.63, 3.8) is 0 Å². The third-order valence-electron chi connectivity index (χ3n) is 4.18. The lowest BCUT2D eigenvalue weighted by atomic mass is 10.0. The van der Waals surface area contributed by atoms with Crippen molar-refractivity contribution >= 4 is 5.97 Å². The Morgan fingerprint density at radius 1 is 1.00 bits per heavy atom. The van der Waals surface area contributed by atoms with Crippen LogP contribution in [0.2, 0.25) is 0 Å². The average molecular weight is 355 g/mol. The maximum Gasteiger partial charge on any atom is 0.335 e. The molecule has 0 fully saturated rings. The summed E-state index contributed by atoms with van der Waals surface area (Å²) in [5.41, 5.74) is 1.22. The second-order valence-electron chi connectivity index (χ2n) is 6.55. The molecule has 1 aromatic rings. The minimum Gasteiger partial charge on any atom is -0.423 e. The molecular weight excluding hydrogens is 320 g/mol. The van der Waals surface area contributed by atoms with E-state index in [1.165, 1.54) is 63.0 Å². The van der Waals surface area contributed by atoms with Gasteiger partial charge in [0.2, 0.25) is 0 Å². The minimum atomic E-state index is -0.409. The van der Waals surface area contributed by atoms with E-state index in [9.17, 15) is 4.79 Å². The van der Waals surface area contributed by atoms with Gasteiger partial charge in [-0.15, -0.1) is 0 Å². The van der Waals surface area contributed by atoms with Crippen LogP contribution in [0.15, 0.2) is 61.2 Å². The van der Waals surface area contributed by atoms with Crippen molar-refractivity contribution in [2.24, 2.45) is 0 Å². The zero-order valence-electron chi connectivity index (χ0n) is 16.3. The Morgan fingerprint density at radius 3 is 2.50 bits per heavy atom. The summed E-state index contributed by atoms with van der Waals surface area (Å²) >= 11 is 0. The smallest absolute Gasteiger partial charge is 0.335 e. The molecule has 0 aliphatic rings. The molecule has 0 N–H and O–H groups in total. The maximum absolute atomic E-state index is 11.2. The molecule has 0 heterocycles. The first kappa shape index (κ1) is 22.0. The molecule has 26 heavy (non-hydrogen) atoms. The van der Waals surface area contributed by atoms with Gasteiger partial charge in [0.15, 0.2) is 0 Å². The monoisotopic (exact) mass is 354 g/mol. The number of benzene rings is 1. The molecule has 1 rings (SSSR count). The Hall–Kier alpha value is -2.09. The molecule has 142 valence electrons. The SMILES string of the molecule is C=CC(=O)Oc1cccc(CCCCCCC/C=C/C/C=C/CCC)c1. The molecule has 0 unspecified atom stereocenters. The molecule has 0 aliphatic heterocycles. The first-order valence-electron chi connectivity index (χ1n) is 9.99. The van der Waals surface area contributed by atoms with Crippen molar-refractivity contribution in [1.82, 2.24) is 0 Å². The van der Waals surface area contributed by atoms with Gasteiger partial charge in [0, 0.05) is 6.08 Å². The third-order valence-corrected chi connectivity index (χ3v) is 4.18. The number of ether oxygens (including phenoxy) is 1. The van der Waals surface area contributed by atoms with Crippen LogP contribution in [0.3, 0.4) is 0 Å². The molecule has 0 radical (unpaired) electrons. The number of unbranched alkanes of at least 4 members (excludes halogenated alkanes) is 6. The summed E-state index contributed by atoms with van der Waals surface area (Å²) in [5.74, 6) is 0.192. The molecule has 2 heteroatoms. The summed E-state index contributed by atoms with van der Waals surface area (Å²) < 4.78 is 5.16. The largest absolute Gasteiger partial charge is 0.423 e. The highest BCUT2D eigenvalue weighted by Gasteiger charge is 2.01. The Morgan fingerprint density at radius 2 is 1.73 bits per heavy atom. The van der Waals surface area contributed by atoms with Crippen molar-refractivity contribution in [1.29, 1.82) is 0 Å². The highest BCUT2D eigenvalue weighted by atomic mass is 16.5. The van der Waals surface area contributed by atoms with Crippen molar-refractivity contribution < 1.29 is 9.53 Å². The predicted molar refractivity (Wildman–Crippen MR) is 111 cm³/mol. The van der Waals surface area contributed by atoms with E-state index in [2.05, 4.69) is 43.9 Å². The number of hydrogen-bond acceptors (Lipinski definition) is 2. The first-order chi connectivity index (χ1) is 12.8. The number of allylic oxidation sites excluding steroid dienone is 4. The van der Waals surface area contributed by atoms with Crippen LogP contribution in [0.1, 0.15) is 70.3 Å². The van der Waals surface area contributed by atoms with E-state index in [1.54, 1.807) is 6.07 Å². The number of hydrogen-bond donors (Lipinski definition) is 0. The topological polar surface area (TPSA) is 26.3 Å². The van der Waals surface area contributed by atoms with E-state index in [4.69, 9.17) is 4.74 Å². The molecule has 0 saturated carbocycles. The lowest BCUT2D eigenvalue weighted by Crippen LogP contribution is -2.03. The molecule has 1 aromatic carbocycles. The second kappa shape index (κ2) is 15.2. The van der Waals surface area contributed by atoms with Crippen molar-refractivity contribution in [2.75, 3.05) is 0 Å². The van der Waals surface area contributed by atoms with Gasteiger partial charge in [0.1, 0.15) is 5.75 Å². The zero-order chi connectivity index (χ0) is 18.9. The van der Waals surface area contributed by atoms with E-state index in [1.807, 2.05) is 12.1 Å². The zero-order valence-corrected chi connectivity index (χ0v) is 16.3. The average Bonchev–Trinajstić information content (AvgIpc) is 2.65. The molecule has 0 spiro atoms. The van der Waals surface area contributed by atoms with Gasteiger partial charge in [0.05, 0.1) is 0 Å². The molecule has 0 aliphatic carbocycles. The number of carbonyl (C=O) groups excluding carboxylic acids is 1. The number of aryl methyl sites for hydroxylation is 1. The van der Waals surface area contributed by atoms with Crippen molar-refractivity contribution in [2.45, 2.75) is 71.1 Å². The van der Waals surface area contributed by atoms with Crippen LogP contribution < -0.4 is 4.74 Å². The van der Waals surface area contributed by atoms with Crippen LogP contribution in [0.4, 0.5) is 0 Å². The second-order valence-corrected chi connectivity index (χ2v) is 6.55. The summed E-state index contributed by atoms with van der Waals surface area (Å²) in [5, 5.41) is 0. The first-order valence-corrected chi connectivity index (χ1v) is 9.99. The summed E-state index contributed by atoms with van der Waals surface area (Å²) in [6.45, 7) is 5.62. The fourth-order valence-electron chi connectivity index (χ4n) is 2.72. The molecule has 2 nitrogen and oxygen atoms in total. The van der Waals surface area contributed by atoms with Gasteiger partial charge in [-0.2, -0.15) is 0 Å². The normalized spacial score (nSPS) is 11.3. The van der Waals surface area contributed by atoms with Gasteiger partial charge < -0.3 is 4.74 Å². The van der Waals surface area contributed by atoms with Crippen LogP contribution in [-0.4, -0.2) is 5.97 Å². The summed E-state index contributed by atoms with van der Waals surface area (Å²) in [6.07, 6.45) is 22.3. The van der Waals surface area contributed by atoms with Crippen LogP contribution in [0.25, 0.3) is 0 Å². The van der Waals surface area contributed by atoms with E-state index < -0.39 is 5.97 Å².